The first-order chi connectivity index (χ1) is 27.0. The molecule has 4 aromatic rings. The van der Waals surface area contributed by atoms with Crippen molar-refractivity contribution in [2.75, 3.05) is 36.2 Å². The maximum Gasteiger partial charge on any atom is 0.264 e. The number of nitrogens with one attached hydrogen (secondary N) is 1. The number of ether oxygens (including phenoxy) is 2. The Balaban J connectivity index is 1.14. The lowest BCUT2D eigenvalue weighted by Gasteiger charge is -2.35. The molecule has 1 fully saturated rings. The van der Waals surface area contributed by atoms with Gasteiger partial charge in [-0.3, -0.25) is 19.2 Å². The summed E-state index contributed by atoms with van der Waals surface area (Å²) in [6, 6.07) is 21.0. The zero-order chi connectivity index (χ0) is 39.6. The fraction of sp³-hybridized carbons (Fsp3) is 0.476. The van der Waals surface area contributed by atoms with Gasteiger partial charge < -0.3 is 34.7 Å². The fourth-order valence-corrected chi connectivity index (χ4v) is 11.7. The molecule has 1 spiro atoms. The first kappa shape index (κ1) is 39.8. The molecule has 3 aromatic carbocycles. The molecule has 1 aromatic heterocycles. The van der Waals surface area contributed by atoms with Gasteiger partial charge in [0.2, 0.25) is 5.91 Å². The average molecular weight is 783 g/mol. The van der Waals surface area contributed by atoms with Crippen LogP contribution in [-0.2, 0) is 45.9 Å². The molecule has 4 N–H and O–H groups in total. The third-order valence-electron chi connectivity index (χ3n) is 11.5. The quantitative estimate of drug-likeness (QED) is 0.0934. The van der Waals surface area contributed by atoms with Gasteiger partial charge in [0.05, 0.1) is 42.4 Å². The van der Waals surface area contributed by atoms with E-state index in [0.717, 1.165) is 45.9 Å². The molecule has 1 saturated heterocycles. The largest absolute Gasteiger partial charge is 0.494 e. The predicted molar refractivity (Wildman–Crippen MR) is 215 cm³/mol. The van der Waals surface area contributed by atoms with Gasteiger partial charge in [0.15, 0.2) is 13.9 Å². The second kappa shape index (κ2) is 16.6. The number of amides is 2. The van der Waals surface area contributed by atoms with Crippen molar-refractivity contribution in [1.82, 2.24) is 20.3 Å². The van der Waals surface area contributed by atoms with Crippen LogP contribution in [0.3, 0.4) is 0 Å². The summed E-state index contributed by atoms with van der Waals surface area (Å²) >= 11 is 0. The van der Waals surface area contributed by atoms with Crippen molar-refractivity contribution < 1.29 is 34.1 Å². The minimum Gasteiger partial charge on any atom is -0.494 e. The molecule has 3 aliphatic heterocycles. The zero-order valence-corrected chi connectivity index (χ0v) is 33.7. The van der Waals surface area contributed by atoms with E-state index in [1.54, 1.807) is 14.5 Å². The maximum absolute atomic E-state index is 14.9. The van der Waals surface area contributed by atoms with Crippen LogP contribution in [0.15, 0.2) is 72.9 Å². The van der Waals surface area contributed by atoms with E-state index in [9.17, 15) is 24.6 Å². The van der Waals surface area contributed by atoms with Crippen LogP contribution in [0.4, 0.5) is 17.1 Å². The van der Waals surface area contributed by atoms with E-state index in [-0.39, 0.29) is 42.6 Å². The van der Waals surface area contributed by atoms with E-state index in [2.05, 4.69) is 15.6 Å². The Morgan fingerprint density at radius 3 is 2.54 bits per heavy atom. The Morgan fingerprint density at radius 1 is 1.02 bits per heavy atom. The molecule has 298 valence electrons. The van der Waals surface area contributed by atoms with Gasteiger partial charge in [-0.15, -0.1) is 5.10 Å². The van der Waals surface area contributed by atoms with Crippen LogP contribution < -0.4 is 19.9 Å². The van der Waals surface area contributed by atoms with Crippen LogP contribution >= 0.6 is 0 Å². The monoisotopic (exact) mass is 782 g/mol. The second-order valence-corrected chi connectivity index (χ2v) is 19.7. The SMILES string of the molecule is CCOc1ccc2c(c1)CC(NCCCCO)C(=O)N2c1ccc(CN2C(=O)[C@]3(O[C@H](CCn4cc(CCO)nn4)[C@@H]([Si](C)(C)O)[C@@H]3C)c3ccccc32)cc1. The van der Waals surface area contributed by atoms with Gasteiger partial charge >= 0.3 is 0 Å². The van der Waals surface area contributed by atoms with Crippen LogP contribution in [0.5, 0.6) is 5.75 Å². The molecule has 4 heterocycles. The van der Waals surface area contributed by atoms with E-state index < -0.39 is 20.0 Å². The maximum atomic E-state index is 14.9. The first-order valence-electron chi connectivity index (χ1n) is 19.8. The second-order valence-electron chi connectivity index (χ2n) is 15.7. The number of aromatic nitrogens is 3. The lowest BCUT2D eigenvalue weighted by molar-refractivity contribution is -0.146. The molecule has 0 bridgehead atoms. The predicted octanol–water partition coefficient (Wildman–Crippen LogP) is 4.60. The van der Waals surface area contributed by atoms with Crippen molar-refractivity contribution in [3.8, 4) is 5.75 Å². The Labute approximate surface area is 329 Å². The third-order valence-corrected chi connectivity index (χ3v) is 14.0. The van der Waals surface area contributed by atoms with Crippen LogP contribution in [-0.4, -0.2) is 88.6 Å². The van der Waals surface area contributed by atoms with Crippen molar-refractivity contribution in [3.05, 3.63) is 95.3 Å². The zero-order valence-electron chi connectivity index (χ0n) is 32.7. The van der Waals surface area contributed by atoms with Crippen molar-refractivity contribution in [3.63, 3.8) is 0 Å². The van der Waals surface area contributed by atoms with Gasteiger partial charge in [0, 0.05) is 55.1 Å². The van der Waals surface area contributed by atoms with Crippen molar-refractivity contribution in [2.24, 2.45) is 5.92 Å². The number of aliphatic hydroxyl groups is 2. The lowest BCUT2D eigenvalue weighted by atomic mass is 9.82. The van der Waals surface area contributed by atoms with Crippen molar-refractivity contribution in [2.45, 2.75) is 95.4 Å². The summed E-state index contributed by atoms with van der Waals surface area (Å²) in [6.45, 7) is 9.89. The number of nitrogens with zero attached hydrogens (tertiary/aromatic N) is 5. The molecule has 0 aliphatic carbocycles. The number of unbranched alkanes of at least 4 members (excludes halogenated alkanes) is 1. The Kier molecular flexibility index (Phi) is 11.8. The Morgan fingerprint density at radius 2 is 1.80 bits per heavy atom. The molecule has 7 rings (SSSR count). The summed E-state index contributed by atoms with van der Waals surface area (Å²) < 4.78 is 14.5. The topological polar surface area (TPSA) is 163 Å². The summed E-state index contributed by atoms with van der Waals surface area (Å²) in [5.41, 5.74) is 4.26. The number of aliphatic hydroxyl groups excluding tert-OH is 2. The minimum atomic E-state index is -2.84. The van der Waals surface area contributed by atoms with E-state index in [4.69, 9.17) is 9.47 Å². The molecular formula is C42H54N6O7Si. The number of aryl methyl sites for hydroxylation is 1. The normalized spacial score (nSPS) is 23.3. The Hall–Kier alpha value is -4.44. The van der Waals surface area contributed by atoms with Gasteiger partial charge in [-0.1, -0.05) is 42.5 Å². The number of anilines is 3. The van der Waals surface area contributed by atoms with Crippen molar-refractivity contribution >= 4 is 37.2 Å². The number of hydrogen-bond donors (Lipinski definition) is 4. The molecule has 5 atom stereocenters. The van der Waals surface area contributed by atoms with Gasteiger partial charge in [-0.05, 0) is 99.8 Å². The highest BCUT2D eigenvalue weighted by atomic mass is 28.4. The first-order valence-corrected chi connectivity index (χ1v) is 22.9. The summed E-state index contributed by atoms with van der Waals surface area (Å²) in [6.07, 6.45) is 4.36. The van der Waals surface area contributed by atoms with Gasteiger partial charge in [0.1, 0.15) is 5.75 Å². The molecule has 0 radical (unpaired) electrons. The Bertz CT molecular complexity index is 2020. The molecule has 0 saturated carbocycles. The molecule has 14 heteroatoms. The molecular weight excluding hydrogens is 729 g/mol. The third kappa shape index (κ3) is 7.53. The molecule has 2 amide bonds. The van der Waals surface area contributed by atoms with E-state index in [0.29, 0.717) is 57.6 Å². The van der Waals surface area contributed by atoms with E-state index in [1.165, 1.54) is 0 Å². The number of para-hydroxylation sites is 1. The highest BCUT2D eigenvalue weighted by Gasteiger charge is 2.66. The summed E-state index contributed by atoms with van der Waals surface area (Å²) in [5.74, 6) is 0.270. The standard InChI is InChI=1S/C42H54N6O7Si/c1-5-54-33-16-17-36-30(24-33)25-35(43-20-8-9-22-49)40(51)48(36)32-14-12-29(13-15-32)26-47-37-11-7-6-10-34(37)42(41(47)52)28(2)39(56(3,4)53)38(55-42)18-21-46-27-31(19-23-50)44-45-46/h6-7,10-17,24,27-28,35,38-39,43,49-50,53H,5,8-9,18-23,25-26H2,1-4H3/t28-,35?,38+,39-,42+/m0/s1. The van der Waals surface area contributed by atoms with Crippen LogP contribution in [0.25, 0.3) is 0 Å². The van der Waals surface area contributed by atoms with Crippen molar-refractivity contribution in [1.29, 1.82) is 0 Å². The van der Waals surface area contributed by atoms with Crippen LogP contribution in [0.2, 0.25) is 18.6 Å². The molecule has 13 nitrogen and oxygen atoms in total. The minimum absolute atomic E-state index is 0.00679. The number of benzene rings is 3. The summed E-state index contributed by atoms with van der Waals surface area (Å²) in [5, 5.41) is 30.3. The molecule has 3 aliphatic rings. The fourth-order valence-electron chi connectivity index (χ4n) is 9.05. The highest BCUT2D eigenvalue weighted by Crippen LogP contribution is 2.59. The number of fused-ring (bicyclic) bond motifs is 3. The smallest absolute Gasteiger partial charge is 0.264 e. The van der Waals surface area contributed by atoms with Crippen LogP contribution in [0.1, 0.15) is 55.5 Å². The van der Waals surface area contributed by atoms with Gasteiger partial charge in [-0.2, -0.15) is 0 Å². The van der Waals surface area contributed by atoms with E-state index >= 15 is 0 Å². The molecule has 56 heavy (non-hydrogen) atoms. The average Bonchev–Trinajstić information content (AvgIpc) is 3.83. The van der Waals surface area contributed by atoms with E-state index in [1.807, 2.05) is 99.9 Å². The van der Waals surface area contributed by atoms with Gasteiger partial charge in [-0.25, -0.2) is 0 Å². The number of hydrogen-bond acceptors (Lipinski definition) is 10. The summed E-state index contributed by atoms with van der Waals surface area (Å²) in [4.78, 5) is 44.2. The highest BCUT2D eigenvalue weighted by molar-refractivity contribution is 6.71. The summed E-state index contributed by atoms with van der Waals surface area (Å²) in [7, 11) is -2.84. The van der Waals surface area contributed by atoms with Crippen LogP contribution in [0, 0.1) is 5.92 Å². The number of carbonyl (C=O) groups excluding carboxylic acids is 2. The number of rotatable bonds is 16. The molecule has 1 unspecified atom stereocenters. The number of carbonyl (C=O) groups is 2. The lowest BCUT2D eigenvalue weighted by Crippen LogP contribution is -2.49. The van der Waals surface area contributed by atoms with Gasteiger partial charge in [0.25, 0.3) is 5.91 Å².